The monoisotopic (exact) mass is 440 g/mol. The van der Waals surface area contributed by atoms with Crippen LogP contribution in [0.3, 0.4) is 0 Å². The molecule has 0 fully saturated rings. The molecule has 0 aliphatic carbocycles. The highest BCUT2D eigenvalue weighted by molar-refractivity contribution is 9.10. The molecule has 2 rings (SSSR count). The van der Waals surface area contributed by atoms with E-state index in [1.807, 2.05) is 19.1 Å². The van der Waals surface area contributed by atoms with Crippen LogP contribution in [-0.2, 0) is 21.4 Å². The van der Waals surface area contributed by atoms with Crippen molar-refractivity contribution in [3.05, 3.63) is 64.1 Å². The minimum atomic E-state index is -3.85. The van der Waals surface area contributed by atoms with Crippen molar-refractivity contribution in [2.24, 2.45) is 0 Å². The zero-order valence-corrected chi connectivity index (χ0v) is 16.8. The van der Waals surface area contributed by atoms with Gasteiger partial charge in [0.1, 0.15) is 0 Å². The summed E-state index contributed by atoms with van der Waals surface area (Å²) in [5.41, 5.74) is 1.71. The fraction of sp³-hybridized carbons (Fsp3) is 0.278. The van der Waals surface area contributed by atoms with Gasteiger partial charge in [0.05, 0.1) is 18.0 Å². The number of amides is 1. The fourth-order valence-electron chi connectivity index (χ4n) is 2.29. The largest absolute Gasteiger partial charge is 0.395 e. The lowest BCUT2D eigenvalue weighted by molar-refractivity contribution is -0.121. The third-order valence-electron chi connectivity index (χ3n) is 3.68. The van der Waals surface area contributed by atoms with Gasteiger partial charge in [-0.3, -0.25) is 4.79 Å². The summed E-state index contributed by atoms with van der Waals surface area (Å²) in [6.45, 7) is 1.49. The van der Waals surface area contributed by atoms with Crippen molar-refractivity contribution >= 4 is 31.9 Å². The first-order valence-corrected chi connectivity index (χ1v) is 10.2. The van der Waals surface area contributed by atoms with E-state index >= 15 is 0 Å². The average molecular weight is 441 g/mol. The van der Waals surface area contributed by atoms with E-state index in [0.29, 0.717) is 0 Å². The Balaban J connectivity index is 2.30. The van der Waals surface area contributed by atoms with Gasteiger partial charge in [0, 0.05) is 17.6 Å². The molecule has 0 radical (unpaired) electrons. The van der Waals surface area contributed by atoms with E-state index in [-0.39, 0.29) is 31.1 Å². The van der Waals surface area contributed by atoms with Crippen molar-refractivity contribution in [3.63, 3.8) is 0 Å². The van der Waals surface area contributed by atoms with E-state index in [0.717, 1.165) is 19.9 Å². The Labute approximate surface area is 162 Å². The molecule has 2 aromatic carbocycles. The van der Waals surface area contributed by atoms with Gasteiger partial charge in [-0.05, 0) is 36.8 Å². The second-order valence-corrected chi connectivity index (χ2v) is 8.64. The molecule has 26 heavy (non-hydrogen) atoms. The van der Waals surface area contributed by atoms with E-state index in [2.05, 4.69) is 21.2 Å². The van der Waals surface area contributed by atoms with Crippen LogP contribution in [0.5, 0.6) is 0 Å². The first-order valence-electron chi connectivity index (χ1n) is 8.02. The average Bonchev–Trinajstić information content (AvgIpc) is 2.61. The van der Waals surface area contributed by atoms with Crippen LogP contribution in [0.2, 0.25) is 0 Å². The maximum absolute atomic E-state index is 13.0. The Morgan fingerprint density at radius 2 is 1.73 bits per heavy atom. The van der Waals surface area contributed by atoms with Crippen LogP contribution in [0.4, 0.5) is 0 Å². The minimum Gasteiger partial charge on any atom is -0.395 e. The lowest BCUT2D eigenvalue weighted by atomic mass is 10.2. The zero-order valence-electron chi connectivity index (χ0n) is 14.4. The topological polar surface area (TPSA) is 86.7 Å². The summed E-state index contributed by atoms with van der Waals surface area (Å²) in [7, 11) is -3.85. The normalized spacial score (nSPS) is 11.5. The molecule has 0 bridgehead atoms. The van der Waals surface area contributed by atoms with Crippen molar-refractivity contribution in [2.45, 2.75) is 18.4 Å². The lowest BCUT2D eigenvalue weighted by Crippen LogP contribution is -2.41. The molecule has 0 atom stereocenters. The fourth-order valence-corrected chi connectivity index (χ4v) is 3.94. The number of aliphatic hydroxyl groups is 1. The second-order valence-electron chi connectivity index (χ2n) is 5.79. The molecular weight excluding hydrogens is 420 g/mol. The Morgan fingerprint density at radius 3 is 2.31 bits per heavy atom. The molecule has 0 aliphatic rings. The molecule has 140 valence electrons. The number of aryl methyl sites for hydroxylation is 1. The van der Waals surface area contributed by atoms with Gasteiger partial charge in [0.2, 0.25) is 15.9 Å². The molecular formula is C18H21BrN2O4S. The highest BCUT2D eigenvalue weighted by atomic mass is 79.9. The molecule has 0 spiro atoms. The number of rotatable bonds is 8. The summed E-state index contributed by atoms with van der Waals surface area (Å²) in [6, 6.07) is 13.7. The van der Waals surface area contributed by atoms with Crippen LogP contribution in [-0.4, -0.2) is 43.4 Å². The predicted octanol–water partition coefficient (Wildman–Crippen LogP) is 2.06. The summed E-state index contributed by atoms with van der Waals surface area (Å²) in [6.07, 6.45) is 0. The number of aliphatic hydroxyl groups excluding tert-OH is 1. The summed E-state index contributed by atoms with van der Waals surface area (Å²) < 4.78 is 28.0. The molecule has 0 unspecified atom stereocenters. The summed E-state index contributed by atoms with van der Waals surface area (Å²) in [5, 5.41) is 11.3. The van der Waals surface area contributed by atoms with Crippen molar-refractivity contribution in [1.82, 2.24) is 9.62 Å². The summed E-state index contributed by atoms with van der Waals surface area (Å²) >= 11 is 3.34. The number of carbonyl (C=O) groups excluding carboxylic acids is 1. The predicted molar refractivity (Wildman–Crippen MR) is 103 cm³/mol. The number of nitrogens with one attached hydrogen (secondary N) is 1. The third kappa shape index (κ3) is 5.63. The number of nitrogens with zero attached hydrogens (tertiary/aromatic N) is 1. The van der Waals surface area contributed by atoms with Crippen LogP contribution in [0.1, 0.15) is 11.1 Å². The van der Waals surface area contributed by atoms with Crippen LogP contribution in [0.15, 0.2) is 57.9 Å². The lowest BCUT2D eigenvalue weighted by Gasteiger charge is -2.22. The molecule has 0 aliphatic heterocycles. The van der Waals surface area contributed by atoms with Crippen LogP contribution in [0.25, 0.3) is 0 Å². The Kier molecular flexibility index (Phi) is 7.33. The maximum Gasteiger partial charge on any atom is 0.243 e. The molecule has 1 amide bonds. The number of carbonyl (C=O) groups is 1. The first kappa shape index (κ1) is 20.6. The smallest absolute Gasteiger partial charge is 0.243 e. The second kappa shape index (κ2) is 9.27. The molecule has 0 aromatic heterocycles. The molecule has 0 saturated heterocycles. The highest BCUT2D eigenvalue weighted by Gasteiger charge is 2.26. The van der Waals surface area contributed by atoms with Crippen molar-refractivity contribution in [2.75, 3.05) is 19.7 Å². The van der Waals surface area contributed by atoms with Crippen LogP contribution >= 0.6 is 15.9 Å². The van der Waals surface area contributed by atoms with E-state index < -0.39 is 15.9 Å². The van der Waals surface area contributed by atoms with Gasteiger partial charge in [0.25, 0.3) is 0 Å². The molecule has 8 heteroatoms. The Bertz CT molecular complexity index is 836. The van der Waals surface area contributed by atoms with Crippen molar-refractivity contribution in [1.29, 1.82) is 0 Å². The summed E-state index contributed by atoms with van der Waals surface area (Å²) in [5.74, 6) is -0.466. The van der Waals surface area contributed by atoms with Gasteiger partial charge in [0.15, 0.2) is 0 Å². The van der Waals surface area contributed by atoms with E-state index in [9.17, 15) is 13.2 Å². The quantitative estimate of drug-likeness (QED) is 0.657. The standard InChI is InChI=1S/C18H21BrN2O4S/c1-14-2-8-17(9-3-14)26(24,25)21(13-18(23)20-10-11-22)12-15-4-6-16(19)7-5-15/h2-9,22H,10-13H2,1H3,(H,20,23). The van der Waals surface area contributed by atoms with Crippen LogP contribution < -0.4 is 5.32 Å². The first-order chi connectivity index (χ1) is 12.3. The molecule has 6 nitrogen and oxygen atoms in total. The SMILES string of the molecule is Cc1ccc(S(=O)(=O)N(CC(=O)NCCO)Cc2ccc(Br)cc2)cc1. The van der Waals surface area contributed by atoms with Crippen LogP contribution in [0, 0.1) is 6.92 Å². The van der Waals surface area contributed by atoms with Crippen molar-refractivity contribution < 1.29 is 18.3 Å². The maximum atomic E-state index is 13.0. The summed E-state index contributed by atoms with van der Waals surface area (Å²) in [4.78, 5) is 12.2. The molecule has 2 N–H and O–H groups in total. The zero-order chi connectivity index (χ0) is 19.2. The Hall–Kier alpha value is -1.74. The molecule has 2 aromatic rings. The van der Waals surface area contributed by atoms with Gasteiger partial charge >= 0.3 is 0 Å². The number of sulfonamides is 1. The number of halogens is 1. The van der Waals surface area contributed by atoms with Crippen molar-refractivity contribution in [3.8, 4) is 0 Å². The van der Waals surface area contributed by atoms with E-state index in [1.165, 1.54) is 12.1 Å². The van der Waals surface area contributed by atoms with E-state index in [1.54, 1.807) is 24.3 Å². The van der Waals surface area contributed by atoms with Gasteiger partial charge in [-0.2, -0.15) is 4.31 Å². The molecule has 0 heterocycles. The Morgan fingerprint density at radius 1 is 1.12 bits per heavy atom. The number of hydrogen-bond acceptors (Lipinski definition) is 4. The minimum absolute atomic E-state index is 0.0655. The van der Waals surface area contributed by atoms with Gasteiger partial charge in [-0.1, -0.05) is 45.8 Å². The van der Waals surface area contributed by atoms with Gasteiger partial charge in [-0.15, -0.1) is 0 Å². The molecule has 0 saturated carbocycles. The highest BCUT2D eigenvalue weighted by Crippen LogP contribution is 2.20. The van der Waals surface area contributed by atoms with E-state index in [4.69, 9.17) is 5.11 Å². The number of hydrogen-bond donors (Lipinski definition) is 2. The number of benzene rings is 2. The van der Waals surface area contributed by atoms with Gasteiger partial charge < -0.3 is 10.4 Å². The third-order valence-corrected chi connectivity index (χ3v) is 6.02. The van der Waals surface area contributed by atoms with Gasteiger partial charge in [-0.25, -0.2) is 8.42 Å².